The van der Waals surface area contributed by atoms with Crippen LogP contribution >= 0.6 is 23.4 Å². The van der Waals surface area contributed by atoms with Gasteiger partial charge in [-0.2, -0.15) is 0 Å². The molecule has 0 spiro atoms. The van der Waals surface area contributed by atoms with Crippen LogP contribution in [0, 0.1) is 6.92 Å². The lowest BCUT2D eigenvalue weighted by Gasteiger charge is -2.12. The fourth-order valence-corrected chi connectivity index (χ4v) is 3.30. The normalized spacial score (nSPS) is 10.5. The lowest BCUT2D eigenvalue weighted by atomic mass is 10.2. The van der Waals surface area contributed by atoms with E-state index in [9.17, 15) is 9.59 Å². The molecule has 28 heavy (non-hydrogen) atoms. The lowest BCUT2D eigenvalue weighted by molar-refractivity contribution is -0.119. The maximum absolute atomic E-state index is 12.6. The zero-order valence-electron chi connectivity index (χ0n) is 15.3. The number of nitrogens with one attached hydrogen (secondary N) is 1. The Labute approximate surface area is 171 Å². The molecule has 0 radical (unpaired) electrons. The number of ether oxygens (including phenoxy) is 1. The molecule has 0 aliphatic rings. The number of carbonyl (C=O) groups is 2. The van der Waals surface area contributed by atoms with Crippen LogP contribution in [0.2, 0.25) is 5.02 Å². The second-order valence-electron chi connectivity index (χ2n) is 5.84. The Morgan fingerprint density at radius 2 is 1.93 bits per heavy atom. The lowest BCUT2D eigenvalue weighted by Crippen LogP contribution is -2.22. The fourth-order valence-electron chi connectivity index (χ4n) is 2.58. The topological polar surface area (TPSA) is 73.2 Å². The monoisotopic (exact) mass is 415 g/mol. The van der Waals surface area contributed by atoms with Gasteiger partial charge in [-0.3, -0.25) is 9.36 Å². The number of hydrogen-bond acceptors (Lipinski definition) is 5. The van der Waals surface area contributed by atoms with E-state index in [2.05, 4.69) is 10.3 Å². The summed E-state index contributed by atoms with van der Waals surface area (Å²) in [6.07, 6.45) is 3.32. The maximum Gasteiger partial charge on any atom is 0.357 e. The molecule has 3 rings (SSSR count). The molecule has 0 unspecified atom stereocenters. The molecule has 0 fully saturated rings. The Bertz CT molecular complexity index is 1010. The molecule has 0 saturated carbocycles. The van der Waals surface area contributed by atoms with E-state index in [-0.39, 0.29) is 5.69 Å². The molecule has 0 atom stereocenters. The molecule has 8 heteroatoms. The number of thioether (sulfide) groups is 1. The van der Waals surface area contributed by atoms with Gasteiger partial charge in [-0.05, 0) is 43.0 Å². The number of hydrogen-bond donors (Lipinski definition) is 1. The van der Waals surface area contributed by atoms with E-state index < -0.39 is 18.5 Å². The van der Waals surface area contributed by atoms with Crippen molar-refractivity contribution in [2.45, 2.75) is 12.1 Å². The molecular weight excluding hydrogens is 398 g/mol. The molecule has 2 aromatic carbocycles. The molecule has 1 heterocycles. The molecule has 3 aromatic rings. The molecular formula is C20H18ClN3O3S. The number of imidazole rings is 1. The standard InChI is InChI=1S/C20H18ClN3O3S/c1-13-15(21)9-6-10-16(13)23-18(25)12-27-19(26)17-11-22-20(28-2)24(17)14-7-4-3-5-8-14/h3-11H,12H2,1-2H3,(H,23,25). The molecule has 6 nitrogen and oxygen atoms in total. The highest BCUT2D eigenvalue weighted by Crippen LogP contribution is 2.23. The van der Waals surface area contributed by atoms with Crippen molar-refractivity contribution in [3.63, 3.8) is 0 Å². The summed E-state index contributed by atoms with van der Waals surface area (Å²) in [6, 6.07) is 14.6. The van der Waals surface area contributed by atoms with Crippen molar-refractivity contribution in [2.75, 3.05) is 18.2 Å². The fraction of sp³-hybridized carbons (Fsp3) is 0.150. The van der Waals surface area contributed by atoms with Gasteiger partial charge < -0.3 is 10.1 Å². The van der Waals surface area contributed by atoms with E-state index in [1.807, 2.05) is 36.6 Å². The largest absolute Gasteiger partial charge is 0.451 e. The average Bonchev–Trinajstić information content (AvgIpc) is 3.14. The summed E-state index contributed by atoms with van der Waals surface area (Å²) in [6.45, 7) is 1.38. The molecule has 1 N–H and O–H groups in total. The molecule has 1 amide bonds. The number of carbonyl (C=O) groups excluding carboxylic acids is 2. The van der Waals surface area contributed by atoms with Crippen LogP contribution in [0.1, 0.15) is 16.1 Å². The minimum atomic E-state index is -0.630. The summed E-state index contributed by atoms with van der Waals surface area (Å²) >= 11 is 7.46. The SMILES string of the molecule is CSc1ncc(C(=O)OCC(=O)Nc2cccc(Cl)c2C)n1-c1ccccc1. The quantitative estimate of drug-likeness (QED) is 0.478. The second kappa shape index (κ2) is 8.95. The van der Waals surface area contributed by atoms with Gasteiger partial charge in [-0.1, -0.05) is 47.6 Å². The number of anilines is 1. The van der Waals surface area contributed by atoms with Gasteiger partial charge in [0.2, 0.25) is 0 Å². The predicted molar refractivity (Wildman–Crippen MR) is 110 cm³/mol. The van der Waals surface area contributed by atoms with Crippen LogP contribution in [0.5, 0.6) is 0 Å². The van der Waals surface area contributed by atoms with Crippen molar-refractivity contribution in [1.29, 1.82) is 0 Å². The Morgan fingerprint density at radius 1 is 1.18 bits per heavy atom. The van der Waals surface area contributed by atoms with Crippen LogP contribution in [-0.4, -0.2) is 34.3 Å². The third-order valence-electron chi connectivity index (χ3n) is 4.01. The van der Waals surface area contributed by atoms with Gasteiger partial charge in [0.15, 0.2) is 17.5 Å². The number of benzene rings is 2. The van der Waals surface area contributed by atoms with Crippen LogP contribution in [0.25, 0.3) is 5.69 Å². The van der Waals surface area contributed by atoms with Crippen molar-refractivity contribution < 1.29 is 14.3 Å². The van der Waals surface area contributed by atoms with Crippen LogP contribution in [0.15, 0.2) is 59.9 Å². The Hall–Kier alpha value is -2.77. The summed E-state index contributed by atoms with van der Waals surface area (Å²) in [4.78, 5) is 29.0. The average molecular weight is 416 g/mol. The number of amides is 1. The van der Waals surface area contributed by atoms with E-state index in [1.54, 1.807) is 29.7 Å². The minimum absolute atomic E-state index is 0.252. The maximum atomic E-state index is 12.6. The van der Waals surface area contributed by atoms with Crippen molar-refractivity contribution in [3.8, 4) is 5.69 Å². The van der Waals surface area contributed by atoms with E-state index >= 15 is 0 Å². The molecule has 1 aromatic heterocycles. The molecule has 0 aliphatic carbocycles. The zero-order chi connectivity index (χ0) is 20.1. The summed E-state index contributed by atoms with van der Waals surface area (Å²) in [5, 5.41) is 3.89. The number of nitrogens with zero attached hydrogens (tertiary/aromatic N) is 2. The summed E-state index contributed by atoms with van der Waals surface area (Å²) in [7, 11) is 0. The summed E-state index contributed by atoms with van der Waals surface area (Å²) in [5.41, 5.74) is 2.36. The van der Waals surface area contributed by atoms with Crippen LogP contribution in [0.3, 0.4) is 0 Å². The Kier molecular flexibility index (Phi) is 6.38. The summed E-state index contributed by atoms with van der Waals surface area (Å²) in [5.74, 6) is -1.08. The van der Waals surface area contributed by atoms with Gasteiger partial charge in [0.25, 0.3) is 5.91 Å². The first kappa shape index (κ1) is 20.0. The number of para-hydroxylation sites is 1. The Balaban J connectivity index is 1.71. The first-order valence-electron chi connectivity index (χ1n) is 8.40. The van der Waals surface area contributed by atoms with E-state index in [4.69, 9.17) is 16.3 Å². The highest BCUT2D eigenvalue weighted by molar-refractivity contribution is 7.98. The summed E-state index contributed by atoms with van der Waals surface area (Å²) < 4.78 is 6.90. The highest BCUT2D eigenvalue weighted by atomic mass is 35.5. The number of rotatable bonds is 6. The van der Waals surface area contributed by atoms with E-state index in [1.165, 1.54) is 18.0 Å². The van der Waals surface area contributed by atoms with E-state index in [0.717, 1.165) is 11.3 Å². The number of halogens is 1. The minimum Gasteiger partial charge on any atom is -0.451 e. The third kappa shape index (κ3) is 4.37. The first-order chi connectivity index (χ1) is 13.5. The molecule has 144 valence electrons. The van der Waals surface area contributed by atoms with Crippen molar-refractivity contribution in [3.05, 3.63) is 71.0 Å². The third-order valence-corrected chi connectivity index (χ3v) is 5.07. The Morgan fingerprint density at radius 3 is 2.64 bits per heavy atom. The second-order valence-corrected chi connectivity index (χ2v) is 7.02. The van der Waals surface area contributed by atoms with Crippen LogP contribution < -0.4 is 5.32 Å². The van der Waals surface area contributed by atoms with Crippen molar-refractivity contribution in [2.24, 2.45) is 0 Å². The van der Waals surface area contributed by atoms with Gasteiger partial charge >= 0.3 is 5.97 Å². The predicted octanol–water partition coefficient (Wildman–Crippen LogP) is 4.35. The number of esters is 1. The highest BCUT2D eigenvalue weighted by Gasteiger charge is 2.20. The van der Waals surface area contributed by atoms with Gasteiger partial charge in [-0.25, -0.2) is 9.78 Å². The molecule has 0 bridgehead atoms. The molecule has 0 aliphatic heterocycles. The van der Waals surface area contributed by atoms with Gasteiger partial charge in [0.1, 0.15) is 0 Å². The first-order valence-corrected chi connectivity index (χ1v) is 10.0. The van der Waals surface area contributed by atoms with Crippen molar-refractivity contribution >= 4 is 40.9 Å². The zero-order valence-corrected chi connectivity index (χ0v) is 16.9. The van der Waals surface area contributed by atoms with Gasteiger partial charge in [0.05, 0.1) is 6.20 Å². The van der Waals surface area contributed by atoms with E-state index in [0.29, 0.717) is 15.9 Å². The molecule has 0 saturated heterocycles. The van der Waals surface area contributed by atoms with Gasteiger partial charge in [0, 0.05) is 16.4 Å². The van der Waals surface area contributed by atoms with Gasteiger partial charge in [-0.15, -0.1) is 0 Å². The smallest absolute Gasteiger partial charge is 0.357 e. The number of aromatic nitrogens is 2. The van der Waals surface area contributed by atoms with Crippen LogP contribution in [0.4, 0.5) is 5.69 Å². The van der Waals surface area contributed by atoms with Crippen LogP contribution in [-0.2, 0) is 9.53 Å². The van der Waals surface area contributed by atoms with Crippen molar-refractivity contribution in [1.82, 2.24) is 9.55 Å².